The van der Waals surface area contributed by atoms with Crippen LogP contribution in [0.25, 0.3) is 0 Å². The molecular weight excluding hydrogens is 335 g/mol. The summed E-state index contributed by atoms with van der Waals surface area (Å²) in [5.74, 6) is 0.300. The highest BCUT2D eigenvalue weighted by molar-refractivity contribution is 6.02. The van der Waals surface area contributed by atoms with Gasteiger partial charge in [-0.1, -0.05) is 41.6 Å². The van der Waals surface area contributed by atoms with E-state index in [4.69, 9.17) is 9.57 Å². The van der Waals surface area contributed by atoms with Crippen molar-refractivity contribution in [2.24, 2.45) is 5.16 Å². The zero-order valence-electron chi connectivity index (χ0n) is 13.2. The van der Waals surface area contributed by atoms with Crippen molar-refractivity contribution in [3.8, 4) is 5.75 Å². The number of carbonyl (C=O) groups excluding carboxylic acids is 1. The summed E-state index contributed by atoms with van der Waals surface area (Å²) in [5.41, 5.74) is -1.59. The Labute approximate surface area is 141 Å². The molecule has 1 heterocycles. The summed E-state index contributed by atoms with van der Waals surface area (Å²) < 4.78 is 46.6. The van der Waals surface area contributed by atoms with E-state index in [1.54, 1.807) is 18.2 Å². The molecule has 2 aromatic carbocycles. The first-order valence-corrected chi connectivity index (χ1v) is 7.41. The maximum Gasteiger partial charge on any atom is 0.435 e. The Morgan fingerprint density at radius 3 is 2.52 bits per heavy atom. The van der Waals surface area contributed by atoms with Crippen LogP contribution >= 0.6 is 0 Å². The third-order valence-electron chi connectivity index (χ3n) is 4.10. The molecule has 1 unspecified atom stereocenters. The van der Waals surface area contributed by atoms with E-state index in [0.29, 0.717) is 23.2 Å². The third-order valence-corrected chi connectivity index (χ3v) is 4.10. The second-order valence-electron chi connectivity index (χ2n) is 5.60. The first-order chi connectivity index (χ1) is 11.9. The molecule has 0 bridgehead atoms. The van der Waals surface area contributed by atoms with Crippen molar-refractivity contribution >= 4 is 12.0 Å². The third kappa shape index (κ3) is 2.97. The van der Waals surface area contributed by atoms with E-state index >= 15 is 0 Å². The smallest absolute Gasteiger partial charge is 0.435 e. The molecule has 3 rings (SSSR count). The number of nitrogens with zero attached hydrogens (tertiary/aromatic N) is 1. The van der Waals surface area contributed by atoms with Gasteiger partial charge < -0.3 is 9.57 Å². The lowest BCUT2D eigenvalue weighted by atomic mass is 9.86. The first-order valence-electron chi connectivity index (χ1n) is 7.41. The van der Waals surface area contributed by atoms with Gasteiger partial charge in [0.1, 0.15) is 12.0 Å². The van der Waals surface area contributed by atoms with Gasteiger partial charge in [0.05, 0.1) is 12.8 Å². The van der Waals surface area contributed by atoms with Gasteiger partial charge in [-0.25, -0.2) is 0 Å². The lowest BCUT2D eigenvalue weighted by Crippen LogP contribution is -2.42. The molecule has 0 spiro atoms. The fraction of sp³-hybridized carbons (Fsp3) is 0.222. The predicted molar refractivity (Wildman–Crippen MR) is 84.8 cm³/mol. The van der Waals surface area contributed by atoms with Crippen LogP contribution in [0.2, 0.25) is 0 Å². The van der Waals surface area contributed by atoms with Gasteiger partial charge >= 0.3 is 6.18 Å². The van der Waals surface area contributed by atoms with Crippen LogP contribution in [0.3, 0.4) is 0 Å². The topological polar surface area (TPSA) is 47.9 Å². The lowest BCUT2D eigenvalue weighted by Gasteiger charge is -2.29. The molecule has 130 valence electrons. The zero-order chi connectivity index (χ0) is 18.1. The van der Waals surface area contributed by atoms with Crippen molar-refractivity contribution in [2.45, 2.75) is 18.2 Å². The Morgan fingerprint density at radius 1 is 1.20 bits per heavy atom. The van der Waals surface area contributed by atoms with Crippen LogP contribution in [0, 0.1) is 0 Å². The fourth-order valence-corrected chi connectivity index (χ4v) is 2.69. The van der Waals surface area contributed by atoms with E-state index < -0.39 is 18.2 Å². The van der Waals surface area contributed by atoms with Gasteiger partial charge in [-0.05, 0) is 17.7 Å². The minimum Gasteiger partial charge on any atom is -0.497 e. The monoisotopic (exact) mass is 349 g/mol. The molecule has 1 aliphatic heterocycles. The van der Waals surface area contributed by atoms with Crippen molar-refractivity contribution in [3.63, 3.8) is 0 Å². The SMILES string of the molecule is COc1cccc(C2(C(F)(F)F)CC(c3ccc(C=O)cc3)=NO2)c1. The maximum absolute atomic E-state index is 13.9. The van der Waals surface area contributed by atoms with Gasteiger partial charge in [-0.15, -0.1) is 0 Å². The number of carbonyl (C=O) groups is 1. The standard InChI is InChI=1S/C18H14F3NO3/c1-24-15-4-2-3-14(9-15)17(18(19,20)21)10-16(22-25-17)13-7-5-12(11-23)6-8-13/h2-9,11H,10H2,1H3. The van der Waals surface area contributed by atoms with Crippen LogP contribution in [0.15, 0.2) is 53.7 Å². The fourth-order valence-electron chi connectivity index (χ4n) is 2.69. The highest BCUT2D eigenvalue weighted by Gasteiger charge is 2.62. The Kier molecular flexibility index (Phi) is 4.24. The van der Waals surface area contributed by atoms with E-state index in [1.165, 1.54) is 37.4 Å². The summed E-state index contributed by atoms with van der Waals surface area (Å²) in [5, 5.41) is 3.68. The number of methoxy groups -OCH3 is 1. The van der Waals surface area contributed by atoms with E-state index in [2.05, 4.69) is 5.16 Å². The second kappa shape index (κ2) is 6.23. The molecule has 1 aliphatic rings. The molecule has 25 heavy (non-hydrogen) atoms. The van der Waals surface area contributed by atoms with E-state index in [0.717, 1.165) is 0 Å². The Hall–Kier alpha value is -2.83. The van der Waals surface area contributed by atoms with E-state index in [9.17, 15) is 18.0 Å². The molecule has 0 saturated heterocycles. The lowest BCUT2D eigenvalue weighted by molar-refractivity contribution is -0.275. The molecule has 2 aromatic rings. The summed E-state index contributed by atoms with van der Waals surface area (Å²) in [6.45, 7) is 0. The molecule has 0 saturated carbocycles. The van der Waals surface area contributed by atoms with Crippen molar-refractivity contribution < 1.29 is 27.5 Å². The Bertz CT molecular complexity index is 815. The molecule has 0 fully saturated rings. The average molecular weight is 349 g/mol. The van der Waals surface area contributed by atoms with E-state index in [1.807, 2.05) is 0 Å². The first kappa shape index (κ1) is 17.0. The van der Waals surface area contributed by atoms with E-state index in [-0.39, 0.29) is 11.3 Å². The number of rotatable bonds is 4. The van der Waals surface area contributed by atoms with Gasteiger partial charge in [-0.3, -0.25) is 4.79 Å². The molecule has 0 aromatic heterocycles. The van der Waals surface area contributed by atoms with Gasteiger partial charge in [0.25, 0.3) is 5.60 Å². The Morgan fingerprint density at radius 2 is 1.92 bits per heavy atom. The minimum absolute atomic E-state index is 0.0809. The van der Waals surface area contributed by atoms with Crippen LogP contribution in [0.4, 0.5) is 13.2 Å². The van der Waals surface area contributed by atoms with Gasteiger partial charge in [-0.2, -0.15) is 13.2 Å². The number of hydrogen-bond donors (Lipinski definition) is 0. The van der Waals surface area contributed by atoms with Crippen molar-refractivity contribution in [2.75, 3.05) is 7.11 Å². The highest BCUT2D eigenvalue weighted by atomic mass is 19.4. The molecule has 0 radical (unpaired) electrons. The number of oxime groups is 1. The summed E-state index contributed by atoms with van der Waals surface area (Å²) >= 11 is 0. The highest BCUT2D eigenvalue weighted by Crippen LogP contribution is 2.49. The van der Waals surface area contributed by atoms with Crippen molar-refractivity contribution in [1.82, 2.24) is 0 Å². The molecule has 0 N–H and O–H groups in total. The van der Waals surface area contributed by atoms with Crippen LogP contribution in [-0.2, 0) is 10.4 Å². The molecular formula is C18H14F3NO3. The summed E-state index contributed by atoms with van der Waals surface area (Å²) in [4.78, 5) is 15.7. The number of aldehydes is 1. The summed E-state index contributed by atoms with van der Waals surface area (Å²) in [6, 6.07) is 11.8. The van der Waals surface area contributed by atoms with Gasteiger partial charge in [0.2, 0.25) is 0 Å². The van der Waals surface area contributed by atoms with Crippen molar-refractivity contribution in [3.05, 3.63) is 65.2 Å². The average Bonchev–Trinajstić information content (AvgIpc) is 3.08. The number of ether oxygens (including phenoxy) is 1. The quantitative estimate of drug-likeness (QED) is 0.781. The van der Waals surface area contributed by atoms with Gasteiger partial charge in [0.15, 0.2) is 0 Å². The molecule has 0 aliphatic carbocycles. The number of alkyl halides is 3. The summed E-state index contributed by atoms with van der Waals surface area (Å²) in [6.07, 6.45) is -4.48. The van der Waals surface area contributed by atoms with Crippen molar-refractivity contribution in [1.29, 1.82) is 0 Å². The normalized spacial score (nSPS) is 19.9. The zero-order valence-corrected chi connectivity index (χ0v) is 13.2. The predicted octanol–water partition coefficient (Wildman–Crippen LogP) is 4.09. The van der Waals surface area contributed by atoms with Gasteiger partial charge in [0, 0.05) is 17.5 Å². The molecule has 0 amide bonds. The Balaban J connectivity index is 1.98. The largest absolute Gasteiger partial charge is 0.497 e. The number of halogens is 3. The maximum atomic E-state index is 13.9. The van der Waals surface area contributed by atoms with Crippen LogP contribution in [-0.4, -0.2) is 25.3 Å². The second-order valence-corrected chi connectivity index (χ2v) is 5.60. The molecule has 7 heteroatoms. The summed E-state index contributed by atoms with van der Waals surface area (Å²) in [7, 11) is 1.38. The van der Waals surface area contributed by atoms with Crippen LogP contribution in [0.5, 0.6) is 5.75 Å². The minimum atomic E-state index is -4.67. The van der Waals surface area contributed by atoms with Crippen LogP contribution in [0.1, 0.15) is 27.9 Å². The molecule has 1 atom stereocenters. The molecule has 4 nitrogen and oxygen atoms in total. The number of benzene rings is 2. The number of hydrogen-bond acceptors (Lipinski definition) is 4. The van der Waals surface area contributed by atoms with Crippen LogP contribution < -0.4 is 4.74 Å².